The van der Waals surface area contributed by atoms with Gasteiger partial charge in [0.05, 0.1) is 11.9 Å². The lowest BCUT2D eigenvalue weighted by atomic mass is 10.1. The van der Waals surface area contributed by atoms with Crippen LogP contribution in [-0.2, 0) is 21.2 Å². The lowest BCUT2D eigenvalue weighted by Crippen LogP contribution is -2.40. The summed E-state index contributed by atoms with van der Waals surface area (Å²) in [5.41, 5.74) is 6.70. The molecule has 21 heavy (non-hydrogen) atoms. The fourth-order valence-electron chi connectivity index (χ4n) is 2.55. The maximum Gasteiger partial charge on any atom is 0.216 e. The smallest absolute Gasteiger partial charge is 0.216 e. The van der Waals surface area contributed by atoms with Gasteiger partial charge in [-0.1, -0.05) is 30.3 Å². The Hall–Kier alpha value is -0.950. The van der Waals surface area contributed by atoms with Crippen LogP contribution in [0.25, 0.3) is 0 Å². The van der Waals surface area contributed by atoms with Crippen LogP contribution in [0.3, 0.4) is 0 Å². The molecule has 0 bridgehead atoms. The summed E-state index contributed by atoms with van der Waals surface area (Å²) in [5.74, 6) is 0.0712. The molecule has 0 spiro atoms. The van der Waals surface area contributed by atoms with E-state index in [2.05, 4.69) is 0 Å². The topological polar surface area (TPSA) is 72.6 Å². The zero-order chi connectivity index (χ0) is 15.1. The van der Waals surface area contributed by atoms with Gasteiger partial charge in [0.25, 0.3) is 0 Å². The van der Waals surface area contributed by atoms with E-state index >= 15 is 0 Å². The van der Waals surface area contributed by atoms with E-state index in [9.17, 15) is 8.42 Å². The number of ether oxygens (including phenoxy) is 1. The van der Waals surface area contributed by atoms with E-state index in [1.807, 2.05) is 30.3 Å². The van der Waals surface area contributed by atoms with Crippen LogP contribution in [0.15, 0.2) is 30.3 Å². The summed E-state index contributed by atoms with van der Waals surface area (Å²) in [6.45, 7) is 1.83. The number of nitrogens with zero attached hydrogens (tertiary/aromatic N) is 1. The van der Waals surface area contributed by atoms with Crippen LogP contribution in [0.2, 0.25) is 0 Å². The second-order valence-corrected chi connectivity index (χ2v) is 7.35. The van der Waals surface area contributed by atoms with Crippen molar-refractivity contribution < 1.29 is 13.2 Å². The van der Waals surface area contributed by atoms with Crippen LogP contribution >= 0.6 is 0 Å². The van der Waals surface area contributed by atoms with Gasteiger partial charge in [0, 0.05) is 26.2 Å². The summed E-state index contributed by atoms with van der Waals surface area (Å²) < 4.78 is 31.9. The maximum atomic E-state index is 12.5. The number of sulfonamides is 1. The van der Waals surface area contributed by atoms with Crippen molar-refractivity contribution in [3.05, 3.63) is 35.9 Å². The fraction of sp³-hybridized carbons (Fsp3) is 0.600. The molecule has 0 aliphatic carbocycles. The highest BCUT2D eigenvalue weighted by Gasteiger charge is 2.28. The molecule has 0 saturated carbocycles. The lowest BCUT2D eigenvalue weighted by Gasteiger charge is -2.23. The van der Waals surface area contributed by atoms with Gasteiger partial charge in [0.1, 0.15) is 0 Å². The van der Waals surface area contributed by atoms with E-state index in [1.54, 1.807) is 0 Å². The minimum atomic E-state index is -3.31. The summed E-state index contributed by atoms with van der Waals surface area (Å²) in [5, 5.41) is 0. The normalized spacial score (nSPS) is 19.2. The standard InChI is InChI=1S/C15H24N2O3S/c16-9-11-17(10-8-14-5-2-1-3-6-14)21(18,19)13-15-7-4-12-20-15/h1-3,5-6,15H,4,7-13,16H2. The van der Waals surface area contributed by atoms with Crippen LogP contribution in [0.4, 0.5) is 0 Å². The van der Waals surface area contributed by atoms with Crippen LogP contribution < -0.4 is 5.73 Å². The van der Waals surface area contributed by atoms with E-state index < -0.39 is 10.0 Å². The molecule has 0 aromatic heterocycles. The zero-order valence-electron chi connectivity index (χ0n) is 12.3. The third-order valence-corrected chi connectivity index (χ3v) is 5.63. The first-order valence-corrected chi connectivity index (χ1v) is 9.06. The summed E-state index contributed by atoms with van der Waals surface area (Å²) in [4.78, 5) is 0. The van der Waals surface area contributed by atoms with Gasteiger partial charge in [-0.05, 0) is 24.8 Å². The van der Waals surface area contributed by atoms with Crippen LogP contribution in [-0.4, -0.2) is 50.8 Å². The number of nitrogens with two attached hydrogens (primary N) is 1. The van der Waals surface area contributed by atoms with Gasteiger partial charge < -0.3 is 10.5 Å². The van der Waals surface area contributed by atoms with Gasteiger partial charge in [-0.3, -0.25) is 0 Å². The van der Waals surface area contributed by atoms with E-state index in [4.69, 9.17) is 10.5 Å². The molecule has 1 aliphatic rings. The first kappa shape index (κ1) is 16.4. The quantitative estimate of drug-likeness (QED) is 0.777. The molecule has 1 heterocycles. The predicted molar refractivity (Wildman–Crippen MR) is 83.5 cm³/mol. The van der Waals surface area contributed by atoms with Crippen LogP contribution in [0.5, 0.6) is 0 Å². The van der Waals surface area contributed by atoms with Crippen molar-refractivity contribution in [3.8, 4) is 0 Å². The van der Waals surface area contributed by atoms with Gasteiger partial charge in [-0.2, -0.15) is 0 Å². The Morgan fingerprint density at radius 1 is 1.24 bits per heavy atom. The van der Waals surface area contributed by atoms with Crippen molar-refractivity contribution in [2.24, 2.45) is 5.73 Å². The molecule has 0 amide bonds. The molecule has 5 nitrogen and oxygen atoms in total. The Labute approximate surface area is 127 Å². The van der Waals surface area contributed by atoms with Crippen molar-refractivity contribution in [2.45, 2.75) is 25.4 Å². The number of hydrogen-bond acceptors (Lipinski definition) is 4. The summed E-state index contributed by atoms with van der Waals surface area (Å²) in [7, 11) is -3.31. The van der Waals surface area contributed by atoms with Gasteiger partial charge in [0.2, 0.25) is 10.0 Å². The molecule has 2 N–H and O–H groups in total. The molecule has 1 saturated heterocycles. The van der Waals surface area contributed by atoms with E-state index in [-0.39, 0.29) is 11.9 Å². The Balaban J connectivity index is 1.96. The van der Waals surface area contributed by atoms with Gasteiger partial charge in [-0.25, -0.2) is 12.7 Å². The van der Waals surface area contributed by atoms with Crippen molar-refractivity contribution in [2.75, 3.05) is 32.0 Å². The monoisotopic (exact) mass is 312 g/mol. The fourth-order valence-corrected chi connectivity index (χ4v) is 4.25. The predicted octanol–water partition coefficient (Wildman–Crippen LogP) is 0.999. The van der Waals surface area contributed by atoms with Crippen LogP contribution in [0, 0.1) is 0 Å². The molecule has 1 atom stereocenters. The molecular weight excluding hydrogens is 288 g/mol. The van der Waals surface area contributed by atoms with Crippen LogP contribution in [0.1, 0.15) is 18.4 Å². The number of hydrogen-bond donors (Lipinski definition) is 1. The van der Waals surface area contributed by atoms with Gasteiger partial charge >= 0.3 is 0 Å². The Morgan fingerprint density at radius 3 is 2.62 bits per heavy atom. The highest BCUT2D eigenvalue weighted by atomic mass is 32.2. The molecule has 6 heteroatoms. The maximum absolute atomic E-state index is 12.5. The van der Waals surface area contributed by atoms with Crippen molar-refractivity contribution in [1.29, 1.82) is 0 Å². The first-order chi connectivity index (χ1) is 10.1. The average Bonchev–Trinajstić information content (AvgIpc) is 2.96. The first-order valence-electron chi connectivity index (χ1n) is 7.45. The minimum absolute atomic E-state index is 0.0712. The molecule has 2 rings (SSSR count). The van der Waals surface area contributed by atoms with Crippen molar-refractivity contribution in [1.82, 2.24) is 4.31 Å². The molecule has 1 unspecified atom stereocenters. The Bertz CT molecular complexity index is 513. The third-order valence-electron chi connectivity index (χ3n) is 3.69. The van der Waals surface area contributed by atoms with E-state index in [0.717, 1.165) is 18.4 Å². The SMILES string of the molecule is NCCN(CCc1ccccc1)S(=O)(=O)CC1CCCO1. The van der Waals surface area contributed by atoms with Crippen molar-refractivity contribution >= 4 is 10.0 Å². The summed E-state index contributed by atoms with van der Waals surface area (Å²) >= 11 is 0. The van der Waals surface area contributed by atoms with E-state index in [1.165, 1.54) is 4.31 Å². The molecule has 1 aromatic rings. The van der Waals surface area contributed by atoms with Gasteiger partial charge in [0.15, 0.2) is 0 Å². The number of benzene rings is 1. The molecular formula is C15H24N2O3S. The Morgan fingerprint density at radius 2 is 2.00 bits per heavy atom. The van der Waals surface area contributed by atoms with Crippen molar-refractivity contribution in [3.63, 3.8) is 0 Å². The molecule has 0 radical (unpaired) electrons. The highest BCUT2D eigenvalue weighted by Crippen LogP contribution is 2.16. The third kappa shape index (κ3) is 5.07. The Kier molecular flexibility index (Phi) is 6.17. The van der Waals surface area contributed by atoms with E-state index in [0.29, 0.717) is 32.7 Å². The minimum Gasteiger partial charge on any atom is -0.377 e. The lowest BCUT2D eigenvalue weighted by molar-refractivity contribution is 0.126. The summed E-state index contributed by atoms with van der Waals surface area (Å²) in [6, 6.07) is 9.89. The number of rotatable bonds is 8. The second-order valence-electron chi connectivity index (χ2n) is 5.34. The second kappa shape index (κ2) is 7.89. The average molecular weight is 312 g/mol. The highest BCUT2D eigenvalue weighted by molar-refractivity contribution is 7.89. The molecule has 1 aromatic carbocycles. The largest absolute Gasteiger partial charge is 0.377 e. The molecule has 118 valence electrons. The molecule has 1 aliphatic heterocycles. The molecule has 1 fully saturated rings. The zero-order valence-corrected chi connectivity index (χ0v) is 13.1. The summed E-state index contributed by atoms with van der Waals surface area (Å²) in [6.07, 6.45) is 2.31. The van der Waals surface area contributed by atoms with Gasteiger partial charge in [-0.15, -0.1) is 0 Å².